The monoisotopic (exact) mass is 308 g/mol. The Morgan fingerprint density at radius 1 is 1.05 bits per heavy atom. The van der Waals surface area contributed by atoms with Crippen LogP contribution >= 0.6 is 0 Å². The van der Waals surface area contributed by atoms with Crippen molar-refractivity contribution in [3.8, 4) is 0 Å². The van der Waals surface area contributed by atoms with Crippen LogP contribution in [0.5, 0.6) is 0 Å². The summed E-state index contributed by atoms with van der Waals surface area (Å²) in [6, 6.07) is 0. The fourth-order valence-electron chi connectivity index (χ4n) is 4.55. The molecular formula is C17H28N2O3. The van der Waals surface area contributed by atoms with Crippen LogP contribution < -0.4 is 0 Å². The van der Waals surface area contributed by atoms with Crippen LogP contribution in [0.2, 0.25) is 0 Å². The highest BCUT2D eigenvalue weighted by Gasteiger charge is 2.45. The number of fused-ring (bicyclic) bond motifs is 1. The Balaban J connectivity index is 1.38. The summed E-state index contributed by atoms with van der Waals surface area (Å²) >= 11 is 0. The van der Waals surface area contributed by atoms with Gasteiger partial charge in [0.25, 0.3) is 0 Å². The summed E-state index contributed by atoms with van der Waals surface area (Å²) in [4.78, 5) is 17.5. The first-order valence-electron chi connectivity index (χ1n) is 8.98. The van der Waals surface area contributed by atoms with Gasteiger partial charge in [0.1, 0.15) is 0 Å². The van der Waals surface area contributed by atoms with Gasteiger partial charge in [-0.1, -0.05) is 6.42 Å². The minimum Gasteiger partial charge on any atom is -0.380 e. The molecule has 1 aliphatic carbocycles. The largest absolute Gasteiger partial charge is 0.380 e. The topological polar surface area (TPSA) is 42.0 Å². The zero-order valence-electron chi connectivity index (χ0n) is 13.4. The average molecular weight is 308 g/mol. The Morgan fingerprint density at radius 2 is 1.86 bits per heavy atom. The van der Waals surface area contributed by atoms with E-state index in [9.17, 15) is 4.79 Å². The maximum atomic E-state index is 12.9. The van der Waals surface area contributed by atoms with E-state index in [4.69, 9.17) is 9.47 Å². The Labute approximate surface area is 132 Å². The molecule has 3 aliphatic heterocycles. The number of carbonyl (C=O) groups is 1. The van der Waals surface area contributed by atoms with Gasteiger partial charge >= 0.3 is 0 Å². The van der Waals surface area contributed by atoms with E-state index in [1.54, 1.807) is 0 Å². The molecule has 124 valence electrons. The molecular weight excluding hydrogens is 280 g/mol. The van der Waals surface area contributed by atoms with Crippen LogP contribution in [0.15, 0.2) is 0 Å². The molecule has 0 aromatic carbocycles. The second-order valence-corrected chi connectivity index (χ2v) is 7.52. The number of hydrogen-bond donors (Lipinski definition) is 0. The van der Waals surface area contributed by atoms with Crippen molar-refractivity contribution in [3.63, 3.8) is 0 Å². The molecule has 1 amide bonds. The highest BCUT2D eigenvalue weighted by atomic mass is 16.5. The van der Waals surface area contributed by atoms with Crippen LogP contribution in [0.3, 0.4) is 0 Å². The maximum Gasteiger partial charge on any atom is 0.228 e. The van der Waals surface area contributed by atoms with E-state index in [0.29, 0.717) is 37.6 Å². The molecule has 0 spiro atoms. The van der Waals surface area contributed by atoms with Gasteiger partial charge in [0.2, 0.25) is 5.91 Å². The molecule has 0 unspecified atom stereocenters. The Bertz CT molecular complexity index is 407. The first-order chi connectivity index (χ1) is 10.8. The van der Waals surface area contributed by atoms with Crippen molar-refractivity contribution < 1.29 is 14.3 Å². The minimum atomic E-state index is 0.0724. The average Bonchev–Trinajstić information content (AvgIpc) is 2.94. The van der Waals surface area contributed by atoms with Crippen molar-refractivity contribution in [2.45, 2.75) is 19.3 Å². The normalized spacial score (nSPS) is 36.9. The SMILES string of the molecule is O=C([C@H]1COC[C@H]2CN(CC3CCC3)C[C@H]21)N1CCOCC1. The van der Waals surface area contributed by atoms with E-state index >= 15 is 0 Å². The molecule has 3 saturated heterocycles. The molecule has 4 aliphatic rings. The van der Waals surface area contributed by atoms with E-state index < -0.39 is 0 Å². The van der Waals surface area contributed by atoms with E-state index in [0.717, 1.165) is 38.7 Å². The fourth-order valence-corrected chi connectivity index (χ4v) is 4.55. The van der Waals surface area contributed by atoms with Gasteiger partial charge in [-0.05, 0) is 30.6 Å². The molecule has 5 heteroatoms. The number of likely N-dealkylation sites (tertiary alicyclic amines) is 1. The molecule has 3 heterocycles. The molecule has 0 aromatic rings. The number of carbonyl (C=O) groups excluding carboxylic acids is 1. The highest BCUT2D eigenvalue weighted by Crippen LogP contribution is 2.37. The highest BCUT2D eigenvalue weighted by molar-refractivity contribution is 5.79. The molecule has 0 N–H and O–H groups in total. The van der Waals surface area contributed by atoms with Gasteiger partial charge < -0.3 is 19.3 Å². The van der Waals surface area contributed by atoms with Crippen molar-refractivity contribution in [2.24, 2.45) is 23.7 Å². The molecule has 0 aromatic heterocycles. The zero-order chi connectivity index (χ0) is 14.9. The second-order valence-electron chi connectivity index (χ2n) is 7.52. The number of hydrogen-bond acceptors (Lipinski definition) is 4. The minimum absolute atomic E-state index is 0.0724. The van der Waals surface area contributed by atoms with Gasteiger partial charge in [-0.2, -0.15) is 0 Å². The predicted octanol–water partition coefficient (Wildman–Crippen LogP) is 0.840. The molecule has 4 rings (SSSR count). The number of rotatable bonds is 3. The lowest BCUT2D eigenvalue weighted by Gasteiger charge is -2.37. The lowest BCUT2D eigenvalue weighted by atomic mass is 9.82. The zero-order valence-corrected chi connectivity index (χ0v) is 13.4. The number of ether oxygens (including phenoxy) is 2. The molecule has 1 saturated carbocycles. The lowest BCUT2D eigenvalue weighted by molar-refractivity contribution is -0.148. The second kappa shape index (κ2) is 6.46. The molecule has 0 radical (unpaired) electrons. The van der Waals surface area contributed by atoms with Crippen molar-refractivity contribution in [1.29, 1.82) is 0 Å². The van der Waals surface area contributed by atoms with E-state index in [2.05, 4.69) is 4.90 Å². The van der Waals surface area contributed by atoms with Gasteiger partial charge in [-0.3, -0.25) is 4.79 Å². The summed E-state index contributed by atoms with van der Waals surface area (Å²) in [7, 11) is 0. The smallest absolute Gasteiger partial charge is 0.228 e. The third kappa shape index (κ3) is 2.91. The van der Waals surface area contributed by atoms with Gasteiger partial charge in [0.05, 0.1) is 32.3 Å². The third-order valence-corrected chi connectivity index (χ3v) is 6.09. The third-order valence-electron chi connectivity index (χ3n) is 6.09. The van der Waals surface area contributed by atoms with Gasteiger partial charge in [-0.25, -0.2) is 0 Å². The Morgan fingerprint density at radius 3 is 2.59 bits per heavy atom. The standard InChI is InChI=1S/C17H28N2O3/c20-17(19-4-6-21-7-5-19)16-12-22-11-14-9-18(10-15(14)16)8-13-2-1-3-13/h13-16H,1-12H2/t14-,15-,16+/m1/s1. The summed E-state index contributed by atoms with van der Waals surface area (Å²) in [5.41, 5.74) is 0. The van der Waals surface area contributed by atoms with Gasteiger partial charge in [0, 0.05) is 32.7 Å². The van der Waals surface area contributed by atoms with Crippen LogP contribution in [0, 0.1) is 23.7 Å². The molecule has 0 bridgehead atoms. The number of nitrogens with zero attached hydrogens (tertiary/aromatic N) is 2. The van der Waals surface area contributed by atoms with Crippen LogP contribution in [-0.4, -0.2) is 74.9 Å². The summed E-state index contributed by atoms with van der Waals surface area (Å²) in [6.45, 7) is 7.80. The number of amides is 1. The summed E-state index contributed by atoms with van der Waals surface area (Å²) in [5, 5.41) is 0. The van der Waals surface area contributed by atoms with Gasteiger partial charge in [0.15, 0.2) is 0 Å². The first-order valence-corrected chi connectivity index (χ1v) is 8.98. The van der Waals surface area contributed by atoms with E-state index in [-0.39, 0.29) is 5.92 Å². The summed E-state index contributed by atoms with van der Waals surface area (Å²) < 4.78 is 11.2. The van der Waals surface area contributed by atoms with Crippen molar-refractivity contribution in [3.05, 3.63) is 0 Å². The first kappa shape index (κ1) is 14.9. The van der Waals surface area contributed by atoms with E-state index in [1.165, 1.54) is 25.8 Å². The molecule has 22 heavy (non-hydrogen) atoms. The maximum absolute atomic E-state index is 12.9. The van der Waals surface area contributed by atoms with Crippen LogP contribution in [-0.2, 0) is 14.3 Å². The van der Waals surface area contributed by atoms with Crippen molar-refractivity contribution >= 4 is 5.91 Å². The summed E-state index contributed by atoms with van der Waals surface area (Å²) in [6.07, 6.45) is 4.21. The quantitative estimate of drug-likeness (QED) is 0.775. The molecule has 5 nitrogen and oxygen atoms in total. The van der Waals surface area contributed by atoms with Crippen LogP contribution in [0.4, 0.5) is 0 Å². The van der Waals surface area contributed by atoms with Crippen LogP contribution in [0.25, 0.3) is 0 Å². The number of morpholine rings is 1. The van der Waals surface area contributed by atoms with E-state index in [1.807, 2.05) is 4.90 Å². The molecule has 4 fully saturated rings. The molecule has 3 atom stereocenters. The van der Waals surface area contributed by atoms with Gasteiger partial charge in [-0.15, -0.1) is 0 Å². The predicted molar refractivity (Wildman–Crippen MR) is 82.5 cm³/mol. The fraction of sp³-hybridized carbons (Fsp3) is 0.941. The Kier molecular flexibility index (Phi) is 4.38. The summed E-state index contributed by atoms with van der Waals surface area (Å²) in [5.74, 6) is 2.36. The Hall–Kier alpha value is -0.650. The van der Waals surface area contributed by atoms with Crippen molar-refractivity contribution in [2.75, 3.05) is 59.2 Å². The lowest BCUT2D eigenvalue weighted by Crippen LogP contribution is -2.49. The van der Waals surface area contributed by atoms with Crippen molar-refractivity contribution in [1.82, 2.24) is 9.80 Å². The van der Waals surface area contributed by atoms with Crippen LogP contribution in [0.1, 0.15) is 19.3 Å².